The highest BCUT2D eigenvalue weighted by molar-refractivity contribution is 7.99. The van der Waals surface area contributed by atoms with Crippen molar-refractivity contribution in [2.75, 3.05) is 17.6 Å². The van der Waals surface area contributed by atoms with Crippen molar-refractivity contribution < 1.29 is 4.79 Å². The van der Waals surface area contributed by atoms with Crippen molar-refractivity contribution in [3.63, 3.8) is 0 Å². The molecule has 0 unspecified atom stereocenters. The summed E-state index contributed by atoms with van der Waals surface area (Å²) in [6.07, 6.45) is 0. The number of aryl methyl sites for hydroxylation is 2. The van der Waals surface area contributed by atoms with Crippen LogP contribution >= 0.6 is 35.0 Å². The number of hydrogen-bond donors (Lipinski definition) is 1. The number of anilines is 1. The molecule has 1 saturated heterocycles. The first-order chi connectivity index (χ1) is 11.5. The van der Waals surface area contributed by atoms with Crippen LogP contribution in [0.15, 0.2) is 36.4 Å². The van der Waals surface area contributed by atoms with E-state index in [-0.39, 0.29) is 11.4 Å². The summed E-state index contributed by atoms with van der Waals surface area (Å²) in [7, 11) is 0. The molecule has 1 aliphatic rings. The van der Waals surface area contributed by atoms with Gasteiger partial charge in [-0.1, -0.05) is 47.0 Å². The summed E-state index contributed by atoms with van der Waals surface area (Å²) in [5.41, 5.74) is 4.27. The number of benzene rings is 2. The summed E-state index contributed by atoms with van der Waals surface area (Å²) >= 11 is 13.7. The van der Waals surface area contributed by atoms with Crippen LogP contribution in [0.5, 0.6) is 0 Å². The number of rotatable bonds is 2. The van der Waals surface area contributed by atoms with Crippen LogP contribution in [0.3, 0.4) is 0 Å². The monoisotopic (exact) mass is 380 g/mol. The molecule has 1 fully saturated rings. The topological polar surface area (TPSA) is 32.3 Å². The van der Waals surface area contributed by atoms with E-state index in [2.05, 4.69) is 37.4 Å². The van der Waals surface area contributed by atoms with E-state index >= 15 is 0 Å². The van der Waals surface area contributed by atoms with Gasteiger partial charge in [-0.15, -0.1) is 11.8 Å². The molecule has 1 atom stereocenters. The molecule has 0 spiro atoms. The second-order valence-corrected chi connectivity index (χ2v) is 7.84. The summed E-state index contributed by atoms with van der Waals surface area (Å²) in [6.45, 7) is 4.89. The van der Waals surface area contributed by atoms with Crippen LogP contribution in [0.1, 0.15) is 22.1 Å². The van der Waals surface area contributed by atoms with E-state index in [0.717, 1.165) is 12.3 Å². The third-order valence-corrected chi connectivity index (χ3v) is 6.00. The number of carbonyl (C=O) groups excluding carboxylic acids is 1. The SMILES string of the molecule is Cc1ccc([C@@H]2SCCN2C(=O)Nc2ccc(Cl)c(Cl)c2)c(C)c1. The number of amides is 2. The number of nitrogens with zero attached hydrogens (tertiary/aromatic N) is 1. The van der Waals surface area contributed by atoms with Gasteiger partial charge in [-0.25, -0.2) is 4.79 Å². The lowest BCUT2D eigenvalue weighted by molar-refractivity contribution is 0.214. The van der Waals surface area contributed by atoms with Gasteiger partial charge >= 0.3 is 6.03 Å². The highest BCUT2D eigenvalue weighted by atomic mass is 35.5. The van der Waals surface area contributed by atoms with Crippen molar-refractivity contribution >= 4 is 46.7 Å². The molecule has 24 heavy (non-hydrogen) atoms. The van der Waals surface area contributed by atoms with E-state index in [1.54, 1.807) is 30.0 Å². The van der Waals surface area contributed by atoms with Crippen LogP contribution in [0.4, 0.5) is 10.5 Å². The Kier molecular flexibility index (Phi) is 5.28. The van der Waals surface area contributed by atoms with E-state index in [0.29, 0.717) is 15.7 Å². The zero-order valence-electron chi connectivity index (χ0n) is 13.5. The summed E-state index contributed by atoms with van der Waals surface area (Å²) < 4.78 is 0. The van der Waals surface area contributed by atoms with Crippen LogP contribution in [-0.2, 0) is 0 Å². The van der Waals surface area contributed by atoms with Crippen molar-refractivity contribution in [2.45, 2.75) is 19.2 Å². The smallest absolute Gasteiger partial charge is 0.308 e. The minimum Gasteiger partial charge on any atom is -0.308 e. The molecule has 3 nitrogen and oxygen atoms in total. The molecule has 1 heterocycles. The normalized spacial score (nSPS) is 17.2. The predicted molar refractivity (Wildman–Crippen MR) is 103 cm³/mol. The third kappa shape index (κ3) is 3.66. The molecule has 2 amide bonds. The minimum absolute atomic E-state index is 0.0355. The molecular formula is C18H18Cl2N2OS. The second kappa shape index (κ2) is 7.26. The van der Waals surface area contributed by atoms with Gasteiger partial charge in [0.05, 0.1) is 10.0 Å². The van der Waals surface area contributed by atoms with E-state index in [1.807, 2.05) is 4.90 Å². The van der Waals surface area contributed by atoms with Gasteiger partial charge in [0.15, 0.2) is 0 Å². The van der Waals surface area contributed by atoms with Gasteiger partial charge in [-0.2, -0.15) is 0 Å². The molecule has 0 bridgehead atoms. The Morgan fingerprint density at radius 2 is 1.96 bits per heavy atom. The maximum atomic E-state index is 12.7. The van der Waals surface area contributed by atoms with Crippen LogP contribution in [0, 0.1) is 13.8 Å². The zero-order valence-corrected chi connectivity index (χ0v) is 15.8. The Labute approximate surface area is 156 Å². The molecule has 3 rings (SSSR count). The quantitative estimate of drug-likeness (QED) is 0.704. The average Bonchev–Trinajstić information content (AvgIpc) is 3.00. The Bertz CT molecular complexity index is 782. The van der Waals surface area contributed by atoms with E-state index in [9.17, 15) is 4.79 Å². The van der Waals surface area contributed by atoms with E-state index < -0.39 is 0 Å². The molecule has 2 aromatic rings. The molecule has 0 aliphatic carbocycles. The average molecular weight is 381 g/mol. The fraction of sp³-hybridized carbons (Fsp3) is 0.278. The molecular weight excluding hydrogens is 363 g/mol. The number of carbonyl (C=O) groups is 1. The number of halogens is 2. The van der Waals surface area contributed by atoms with Crippen LogP contribution in [0.25, 0.3) is 0 Å². The van der Waals surface area contributed by atoms with Gasteiger partial charge < -0.3 is 10.2 Å². The first-order valence-corrected chi connectivity index (χ1v) is 9.47. The highest BCUT2D eigenvalue weighted by Gasteiger charge is 2.31. The molecule has 0 aromatic heterocycles. The maximum absolute atomic E-state index is 12.7. The molecule has 0 radical (unpaired) electrons. The Hall–Kier alpha value is -1.36. The first-order valence-electron chi connectivity index (χ1n) is 7.67. The lowest BCUT2D eigenvalue weighted by Crippen LogP contribution is -2.34. The number of hydrogen-bond acceptors (Lipinski definition) is 2. The standard InChI is InChI=1S/C18H18Cl2N2OS/c1-11-3-5-14(12(2)9-11)17-22(7-8-24-17)18(23)21-13-4-6-15(19)16(20)10-13/h3-6,9-10,17H,7-8H2,1-2H3,(H,21,23)/t17-/m0/s1. The summed E-state index contributed by atoms with van der Waals surface area (Å²) in [4.78, 5) is 14.6. The van der Waals surface area contributed by atoms with Crippen molar-refractivity contribution in [3.8, 4) is 0 Å². The molecule has 2 aromatic carbocycles. The lowest BCUT2D eigenvalue weighted by atomic mass is 10.1. The Morgan fingerprint density at radius 1 is 1.17 bits per heavy atom. The lowest BCUT2D eigenvalue weighted by Gasteiger charge is -2.26. The van der Waals surface area contributed by atoms with Crippen LogP contribution in [-0.4, -0.2) is 23.2 Å². The summed E-state index contributed by atoms with van der Waals surface area (Å²) in [5.74, 6) is 0.923. The molecule has 6 heteroatoms. The molecule has 1 aliphatic heterocycles. The van der Waals surface area contributed by atoms with Gasteiger partial charge in [0.2, 0.25) is 0 Å². The van der Waals surface area contributed by atoms with Gasteiger partial charge in [0, 0.05) is 18.0 Å². The van der Waals surface area contributed by atoms with E-state index in [1.165, 1.54) is 16.7 Å². The number of urea groups is 1. The van der Waals surface area contributed by atoms with Crippen molar-refractivity contribution in [2.24, 2.45) is 0 Å². The van der Waals surface area contributed by atoms with Crippen LogP contribution in [0.2, 0.25) is 10.0 Å². The Morgan fingerprint density at radius 3 is 2.67 bits per heavy atom. The van der Waals surface area contributed by atoms with Gasteiger partial charge in [-0.3, -0.25) is 0 Å². The van der Waals surface area contributed by atoms with Gasteiger partial charge in [0.25, 0.3) is 0 Å². The number of thioether (sulfide) groups is 1. The third-order valence-electron chi connectivity index (χ3n) is 4.01. The molecule has 1 N–H and O–H groups in total. The minimum atomic E-state index is -0.122. The summed E-state index contributed by atoms with van der Waals surface area (Å²) in [5, 5.41) is 3.85. The predicted octanol–water partition coefficient (Wildman–Crippen LogP) is 5.89. The van der Waals surface area contributed by atoms with E-state index in [4.69, 9.17) is 23.2 Å². The van der Waals surface area contributed by atoms with Gasteiger partial charge in [0.1, 0.15) is 5.37 Å². The zero-order chi connectivity index (χ0) is 17.3. The summed E-state index contributed by atoms with van der Waals surface area (Å²) in [6, 6.07) is 11.3. The largest absolute Gasteiger partial charge is 0.323 e. The Balaban J connectivity index is 1.79. The molecule has 126 valence electrons. The van der Waals surface area contributed by atoms with Crippen LogP contribution < -0.4 is 5.32 Å². The van der Waals surface area contributed by atoms with Crippen molar-refractivity contribution in [1.29, 1.82) is 0 Å². The fourth-order valence-corrected chi connectivity index (χ4v) is 4.46. The van der Waals surface area contributed by atoms with Crippen molar-refractivity contribution in [3.05, 3.63) is 63.1 Å². The fourth-order valence-electron chi connectivity index (χ4n) is 2.81. The van der Waals surface area contributed by atoms with Gasteiger partial charge in [-0.05, 0) is 43.2 Å². The first kappa shape index (κ1) is 17.5. The maximum Gasteiger partial charge on any atom is 0.323 e. The molecule has 0 saturated carbocycles. The second-order valence-electron chi connectivity index (χ2n) is 5.84. The van der Waals surface area contributed by atoms with Crippen molar-refractivity contribution in [1.82, 2.24) is 4.90 Å². The number of nitrogens with one attached hydrogen (secondary N) is 1. The highest BCUT2D eigenvalue weighted by Crippen LogP contribution is 2.39.